The Morgan fingerprint density at radius 1 is 1.29 bits per heavy atom. The zero-order valence-electron chi connectivity index (χ0n) is 14.9. The highest BCUT2D eigenvalue weighted by atomic mass is 32.1. The zero-order chi connectivity index (χ0) is 17.9. The van der Waals surface area contributed by atoms with Crippen LogP contribution in [0, 0.1) is 25.2 Å². The summed E-state index contributed by atoms with van der Waals surface area (Å²) in [4.78, 5) is 6.35. The van der Waals surface area contributed by atoms with Gasteiger partial charge in [0.05, 0.1) is 17.7 Å². The molecule has 1 heterocycles. The molecule has 0 saturated carbocycles. The Balaban J connectivity index is 2.35. The molecule has 0 atom stereocenters. The number of aryl methyl sites for hydroxylation is 2. The van der Waals surface area contributed by atoms with E-state index in [1.165, 1.54) is 11.5 Å². The number of hydrogen-bond donors (Lipinski definition) is 0. The van der Waals surface area contributed by atoms with Gasteiger partial charge in [0, 0.05) is 25.6 Å². The average molecular weight is 342 g/mol. The van der Waals surface area contributed by atoms with Crippen molar-refractivity contribution in [2.45, 2.75) is 33.6 Å². The van der Waals surface area contributed by atoms with Crippen LogP contribution in [0.1, 0.15) is 42.1 Å². The molecule has 5 nitrogen and oxygen atoms in total. The van der Waals surface area contributed by atoms with Gasteiger partial charge in [-0.15, -0.1) is 0 Å². The fourth-order valence-corrected chi connectivity index (χ4v) is 3.01. The van der Waals surface area contributed by atoms with Crippen LogP contribution in [0.15, 0.2) is 17.1 Å². The maximum Gasteiger partial charge on any atom is 0.218 e. The van der Waals surface area contributed by atoms with Crippen molar-refractivity contribution in [1.82, 2.24) is 9.27 Å². The first-order chi connectivity index (χ1) is 11.3. The van der Waals surface area contributed by atoms with E-state index < -0.39 is 0 Å². The van der Waals surface area contributed by atoms with Gasteiger partial charge >= 0.3 is 0 Å². The molecule has 0 spiro atoms. The van der Waals surface area contributed by atoms with Gasteiger partial charge in [-0.3, -0.25) is 0 Å². The SMILES string of the molecule is Cc1cc(Oc2snc(C(C)C)c2C#N)c(C)cc1/N=C\N(C)C. The van der Waals surface area contributed by atoms with Crippen molar-refractivity contribution in [3.05, 3.63) is 34.5 Å². The quantitative estimate of drug-likeness (QED) is 0.580. The Morgan fingerprint density at radius 3 is 2.58 bits per heavy atom. The second-order valence-electron chi connectivity index (χ2n) is 6.21. The lowest BCUT2D eigenvalue weighted by Crippen LogP contribution is -2.07. The second-order valence-corrected chi connectivity index (χ2v) is 6.95. The first-order valence-corrected chi connectivity index (χ1v) is 8.50. The predicted molar refractivity (Wildman–Crippen MR) is 98.7 cm³/mol. The van der Waals surface area contributed by atoms with Crippen molar-refractivity contribution in [3.8, 4) is 16.9 Å². The molecule has 0 aliphatic carbocycles. The van der Waals surface area contributed by atoms with Crippen LogP contribution in [0.5, 0.6) is 10.8 Å². The number of ether oxygens (including phenoxy) is 1. The molecule has 2 rings (SSSR count). The fourth-order valence-electron chi connectivity index (χ4n) is 2.15. The standard InChI is InChI=1S/C18H22N4OS/c1-11(2)17-14(9-19)18(24-21-17)23-16-8-12(3)15(7-13(16)4)20-10-22(5)6/h7-8,10-11H,1-6H3/b20-10-. The Bertz CT molecular complexity index is 800. The molecule has 0 unspecified atom stereocenters. The van der Waals surface area contributed by atoms with Gasteiger partial charge in [0.25, 0.3) is 0 Å². The normalized spacial score (nSPS) is 11.1. The monoisotopic (exact) mass is 342 g/mol. The minimum Gasteiger partial charge on any atom is -0.443 e. The highest BCUT2D eigenvalue weighted by Crippen LogP contribution is 2.37. The third-order valence-electron chi connectivity index (χ3n) is 3.47. The first kappa shape index (κ1) is 18.0. The molecule has 1 aromatic heterocycles. The summed E-state index contributed by atoms with van der Waals surface area (Å²) in [6.07, 6.45) is 1.77. The van der Waals surface area contributed by atoms with Crippen LogP contribution in [0.2, 0.25) is 0 Å². The third kappa shape index (κ3) is 3.92. The summed E-state index contributed by atoms with van der Waals surface area (Å²) in [5.41, 5.74) is 4.21. The smallest absolute Gasteiger partial charge is 0.218 e. The molecule has 126 valence electrons. The van der Waals surface area contributed by atoms with E-state index in [0.29, 0.717) is 10.6 Å². The van der Waals surface area contributed by atoms with Crippen molar-refractivity contribution >= 4 is 23.6 Å². The summed E-state index contributed by atoms with van der Waals surface area (Å²) >= 11 is 1.23. The topological polar surface area (TPSA) is 61.5 Å². The van der Waals surface area contributed by atoms with Crippen LogP contribution in [0.4, 0.5) is 5.69 Å². The Kier molecular flexibility index (Phi) is 5.58. The van der Waals surface area contributed by atoms with Crippen molar-refractivity contribution in [2.24, 2.45) is 4.99 Å². The zero-order valence-corrected chi connectivity index (χ0v) is 15.7. The van der Waals surface area contributed by atoms with Gasteiger partial charge in [0.2, 0.25) is 5.06 Å². The third-order valence-corrected chi connectivity index (χ3v) is 4.21. The van der Waals surface area contributed by atoms with Crippen LogP contribution in [0.25, 0.3) is 0 Å². The number of nitrogens with zero attached hydrogens (tertiary/aromatic N) is 4. The van der Waals surface area contributed by atoms with Crippen molar-refractivity contribution in [1.29, 1.82) is 5.26 Å². The molecule has 0 radical (unpaired) electrons. The molecule has 0 N–H and O–H groups in total. The van der Waals surface area contributed by atoms with Crippen molar-refractivity contribution in [2.75, 3.05) is 14.1 Å². The molecule has 0 fully saturated rings. The van der Waals surface area contributed by atoms with E-state index in [2.05, 4.69) is 15.4 Å². The lowest BCUT2D eigenvalue weighted by molar-refractivity contribution is 0.490. The molecule has 0 amide bonds. The number of aromatic nitrogens is 1. The molecule has 1 aromatic carbocycles. The molecule has 6 heteroatoms. The van der Waals surface area contributed by atoms with E-state index >= 15 is 0 Å². The first-order valence-electron chi connectivity index (χ1n) is 7.72. The molecule has 24 heavy (non-hydrogen) atoms. The van der Waals surface area contributed by atoms with Crippen molar-refractivity contribution in [3.63, 3.8) is 0 Å². The summed E-state index contributed by atoms with van der Waals surface area (Å²) in [7, 11) is 3.87. The van der Waals surface area contributed by atoms with Gasteiger partial charge in [0.1, 0.15) is 17.4 Å². The fraction of sp³-hybridized carbons (Fsp3) is 0.389. The highest BCUT2D eigenvalue weighted by molar-refractivity contribution is 7.08. The molecule has 2 aromatic rings. The van der Waals surface area contributed by atoms with Gasteiger partial charge in [-0.2, -0.15) is 9.64 Å². The van der Waals surface area contributed by atoms with Crippen molar-refractivity contribution < 1.29 is 4.74 Å². The number of hydrogen-bond acceptors (Lipinski definition) is 5. The van der Waals surface area contributed by atoms with Gasteiger partial charge in [0.15, 0.2) is 0 Å². The largest absolute Gasteiger partial charge is 0.443 e. The van der Waals surface area contributed by atoms with Crippen LogP contribution in [0.3, 0.4) is 0 Å². The molecular formula is C18H22N4OS. The van der Waals surface area contributed by atoms with E-state index in [0.717, 1.165) is 28.3 Å². The van der Waals surface area contributed by atoms with Crippen LogP contribution >= 0.6 is 11.5 Å². The molecule has 0 bridgehead atoms. The van der Waals surface area contributed by atoms with Crippen LogP contribution in [-0.2, 0) is 0 Å². The minimum atomic E-state index is 0.193. The van der Waals surface area contributed by atoms with Gasteiger partial charge in [-0.25, -0.2) is 4.99 Å². The number of aliphatic imine (C=N–C) groups is 1. The van der Waals surface area contributed by atoms with E-state index in [4.69, 9.17) is 4.74 Å². The molecular weight excluding hydrogens is 320 g/mol. The minimum absolute atomic E-state index is 0.193. The summed E-state index contributed by atoms with van der Waals surface area (Å²) in [6, 6.07) is 6.16. The number of nitriles is 1. The van der Waals surface area contributed by atoms with E-state index in [9.17, 15) is 5.26 Å². The summed E-state index contributed by atoms with van der Waals surface area (Å²) < 4.78 is 10.4. The summed E-state index contributed by atoms with van der Waals surface area (Å²) in [5.74, 6) is 0.922. The Labute approximate surface area is 147 Å². The Morgan fingerprint density at radius 2 is 2.00 bits per heavy atom. The van der Waals surface area contributed by atoms with E-state index in [-0.39, 0.29) is 5.92 Å². The molecule has 0 aliphatic rings. The van der Waals surface area contributed by atoms with Gasteiger partial charge in [-0.1, -0.05) is 13.8 Å². The Hall–Kier alpha value is -2.39. The average Bonchev–Trinajstić information content (AvgIpc) is 2.92. The predicted octanol–water partition coefficient (Wildman–Crippen LogP) is 4.77. The number of benzene rings is 1. The summed E-state index contributed by atoms with van der Waals surface area (Å²) in [5, 5.41) is 9.97. The van der Waals surface area contributed by atoms with Crippen LogP contribution < -0.4 is 4.74 Å². The number of rotatable bonds is 5. The molecule has 0 aliphatic heterocycles. The lowest BCUT2D eigenvalue weighted by Gasteiger charge is -2.11. The lowest BCUT2D eigenvalue weighted by atomic mass is 10.1. The van der Waals surface area contributed by atoms with Gasteiger partial charge < -0.3 is 9.64 Å². The van der Waals surface area contributed by atoms with Crippen LogP contribution in [-0.4, -0.2) is 29.7 Å². The van der Waals surface area contributed by atoms with Gasteiger partial charge in [-0.05, 0) is 43.0 Å². The summed E-state index contributed by atoms with van der Waals surface area (Å²) in [6.45, 7) is 8.01. The molecule has 0 saturated heterocycles. The maximum absolute atomic E-state index is 9.42. The van der Waals surface area contributed by atoms with E-state index in [1.807, 2.05) is 58.8 Å². The second kappa shape index (κ2) is 7.45. The highest BCUT2D eigenvalue weighted by Gasteiger charge is 2.19. The van der Waals surface area contributed by atoms with E-state index in [1.54, 1.807) is 6.34 Å². The maximum atomic E-state index is 9.42.